The molecular formula is C44H58O6. The van der Waals surface area contributed by atoms with Gasteiger partial charge in [0.1, 0.15) is 23.0 Å². The van der Waals surface area contributed by atoms with Gasteiger partial charge in [-0.25, -0.2) is 9.59 Å². The van der Waals surface area contributed by atoms with Crippen LogP contribution in [0.25, 0.3) is 11.1 Å². The van der Waals surface area contributed by atoms with E-state index in [9.17, 15) is 19.8 Å². The summed E-state index contributed by atoms with van der Waals surface area (Å²) in [6.07, 6.45) is 13.7. The van der Waals surface area contributed by atoms with Crippen LogP contribution in [0.1, 0.15) is 134 Å². The summed E-state index contributed by atoms with van der Waals surface area (Å²) in [6, 6.07) is 12.9. The summed E-state index contributed by atoms with van der Waals surface area (Å²) < 4.78 is 11.6. The van der Waals surface area contributed by atoms with Crippen LogP contribution in [0.3, 0.4) is 0 Å². The number of esters is 2. The lowest BCUT2D eigenvalue weighted by molar-refractivity contribution is -0.156. The lowest BCUT2D eigenvalue weighted by Gasteiger charge is -2.19. The Labute approximate surface area is 300 Å². The van der Waals surface area contributed by atoms with Crippen LogP contribution in [0.15, 0.2) is 65.8 Å². The fourth-order valence-electron chi connectivity index (χ4n) is 6.08. The smallest absolute Gasteiger partial charge is 0.423 e. The number of unbranched alkanes of at least 4 members (excludes halogenated alkanes) is 4. The highest BCUT2D eigenvalue weighted by Gasteiger charge is 2.26. The van der Waals surface area contributed by atoms with Crippen molar-refractivity contribution in [2.75, 3.05) is 0 Å². The van der Waals surface area contributed by atoms with Crippen molar-refractivity contribution in [3.63, 3.8) is 0 Å². The molecule has 0 aliphatic heterocycles. The summed E-state index contributed by atoms with van der Waals surface area (Å²) in [6.45, 7) is 16.5. The first-order valence-electron chi connectivity index (χ1n) is 18.4. The molecule has 0 spiro atoms. The van der Waals surface area contributed by atoms with Crippen LogP contribution < -0.4 is 9.47 Å². The average molecular weight is 683 g/mol. The molecule has 3 aromatic carbocycles. The van der Waals surface area contributed by atoms with Gasteiger partial charge < -0.3 is 19.7 Å². The quantitative estimate of drug-likeness (QED) is 0.0484. The molecule has 6 nitrogen and oxygen atoms in total. The number of aromatic hydroxyl groups is 2. The van der Waals surface area contributed by atoms with E-state index in [1.54, 1.807) is 24.3 Å². The molecule has 0 unspecified atom stereocenters. The van der Waals surface area contributed by atoms with Crippen molar-refractivity contribution in [2.24, 2.45) is 0 Å². The van der Waals surface area contributed by atoms with Crippen molar-refractivity contribution in [3.05, 3.63) is 93.6 Å². The Hall–Kier alpha value is -4.32. The largest absolute Gasteiger partial charge is 0.508 e. The van der Waals surface area contributed by atoms with Gasteiger partial charge >= 0.3 is 11.9 Å². The molecule has 0 radical (unpaired) electrons. The maximum atomic E-state index is 13.5. The van der Waals surface area contributed by atoms with Crippen molar-refractivity contribution in [2.45, 2.75) is 132 Å². The highest BCUT2D eigenvalue weighted by molar-refractivity contribution is 6.31. The molecule has 50 heavy (non-hydrogen) atoms. The molecule has 6 heteroatoms. The van der Waals surface area contributed by atoms with Crippen LogP contribution in [-0.2, 0) is 28.9 Å². The molecule has 0 aliphatic rings. The zero-order chi connectivity index (χ0) is 36.8. The molecule has 0 saturated heterocycles. The Morgan fingerprint density at radius 2 is 1.34 bits per heavy atom. The van der Waals surface area contributed by atoms with Crippen LogP contribution in [0.5, 0.6) is 23.0 Å². The summed E-state index contributed by atoms with van der Waals surface area (Å²) in [5.41, 5.74) is 7.56. The van der Waals surface area contributed by atoms with E-state index in [0.29, 0.717) is 30.4 Å². The third kappa shape index (κ3) is 11.9. The molecule has 0 atom stereocenters. The number of hydrogen-bond acceptors (Lipinski definition) is 6. The number of phenols is 2. The Morgan fingerprint density at radius 3 is 1.92 bits per heavy atom. The normalized spacial score (nSPS) is 11.5. The highest BCUT2D eigenvalue weighted by Crippen LogP contribution is 2.43. The van der Waals surface area contributed by atoms with Crippen LogP contribution >= 0.6 is 0 Å². The predicted molar refractivity (Wildman–Crippen MR) is 204 cm³/mol. The number of allylic oxidation sites excluding steroid dienone is 4. The van der Waals surface area contributed by atoms with E-state index in [2.05, 4.69) is 47.6 Å². The number of carbonyl (C=O) groups excluding carboxylic acids is 2. The first kappa shape index (κ1) is 40.1. The van der Waals surface area contributed by atoms with E-state index in [1.165, 1.54) is 5.57 Å². The van der Waals surface area contributed by atoms with Crippen LogP contribution in [-0.4, -0.2) is 22.2 Å². The second-order valence-electron chi connectivity index (χ2n) is 14.1. The van der Waals surface area contributed by atoms with Crippen molar-refractivity contribution < 1.29 is 29.3 Å². The highest BCUT2D eigenvalue weighted by atomic mass is 16.6. The zero-order valence-electron chi connectivity index (χ0n) is 31.6. The SMILES string of the molecule is CCCCCc1cc(O)c(C/C=C(\C)CCC=C(C)C)c(OC(=O)C(=O)Oc2cc(CCCCC)cc(O)c2-c2cc(C)ccc2C(C)C)c1. The summed E-state index contributed by atoms with van der Waals surface area (Å²) >= 11 is 0. The monoisotopic (exact) mass is 682 g/mol. The van der Waals surface area contributed by atoms with Gasteiger partial charge in [-0.1, -0.05) is 100 Å². The minimum atomic E-state index is -1.20. The first-order valence-corrected chi connectivity index (χ1v) is 18.4. The first-order chi connectivity index (χ1) is 23.8. The van der Waals surface area contributed by atoms with E-state index in [4.69, 9.17) is 9.47 Å². The Kier molecular flexibility index (Phi) is 15.9. The standard InChI is InChI=1S/C44H58O6/c1-9-11-13-18-33-25-38(45)36(23-20-31(7)17-15-16-29(3)4)40(27-33)49-43(47)44(48)50-41-28-34(19-14-12-10-2)26-39(46)42(41)37-24-32(8)21-22-35(37)30(5)6/h16,20-22,24-28,30,45-46H,9-15,17-19,23H2,1-8H3/b31-20+. The second kappa shape index (κ2) is 19.8. The third-order valence-corrected chi connectivity index (χ3v) is 8.94. The second-order valence-corrected chi connectivity index (χ2v) is 14.1. The minimum Gasteiger partial charge on any atom is -0.508 e. The summed E-state index contributed by atoms with van der Waals surface area (Å²) in [5.74, 6) is -2.01. The van der Waals surface area contributed by atoms with Gasteiger partial charge in [0, 0.05) is 5.56 Å². The molecule has 0 amide bonds. The number of rotatable bonds is 17. The van der Waals surface area contributed by atoms with Crippen LogP contribution in [0, 0.1) is 6.92 Å². The number of ether oxygens (including phenoxy) is 2. The predicted octanol–water partition coefficient (Wildman–Crippen LogP) is 11.4. The van der Waals surface area contributed by atoms with E-state index in [1.807, 2.05) is 38.1 Å². The van der Waals surface area contributed by atoms with Gasteiger partial charge in [-0.05, 0) is 125 Å². The topological polar surface area (TPSA) is 93.1 Å². The van der Waals surface area contributed by atoms with Gasteiger partial charge in [0.2, 0.25) is 0 Å². The lowest BCUT2D eigenvalue weighted by Crippen LogP contribution is -2.26. The maximum Gasteiger partial charge on any atom is 0.423 e. The van der Waals surface area contributed by atoms with Gasteiger partial charge in [0.15, 0.2) is 0 Å². The van der Waals surface area contributed by atoms with Crippen LogP contribution in [0.2, 0.25) is 0 Å². The Morgan fingerprint density at radius 1 is 0.760 bits per heavy atom. The van der Waals surface area contributed by atoms with E-state index in [0.717, 1.165) is 84.8 Å². The molecule has 270 valence electrons. The summed E-state index contributed by atoms with van der Waals surface area (Å²) in [5, 5.41) is 22.5. The number of carbonyl (C=O) groups is 2. The van der Waals surface area contributed by atoms with E-state index >= 15 is 0 Å². The number of phenolic OH excluding ortho intramolecular Hbond substituents is 2. The minimum absolute atomic E-state index is 0.0126. The molecule has 0 saturated carbocycles. The summed E-state index contributed by atoms with van der Waals surface area (Å²) in [7, 11) is 0. The van der Waals surface area contributed by atoms with Gasteiger partial charge in [-0.2, -0.15) is 0 Å². The summed E-state index contributed by atoms with van der Waals surface area (Å²) in [4.78, 5) is 27.0. The molecular weight excluding hydrogens is 624 g/mol. The molecule has 0 aromatic heterocycles. The number of benzene rings is 3. The fourth-order valence-corrected chi connectivity index (χ4v) is 6.08. The van der Waals surface area contributed by atoms with Crippen LogP contribution in [0.4, 0.5) is 0 Å². The van der Waals surface area contributed by atoms with Gasteiger partial charge in [0.05, 0.1) is 5.56 Å². The van der Waals surface area contributed by atoms with Gasteiger partial charge in [-0.15, -0.1) is 0 Å². The van der Waals surface area contributed by atoms with E-state index in [-0.39, 0.29) is 28.9 Å². The third-order valence-electron chi connectivity index (χ3n) is 8.94. The maximum absolute atomic E-state index is 13.5. The van der Waals surface area contributed by atoms with Gasteiger partial charge in [0.25, 0.3) is 0 Å². The molecule has 3 rings (SSSR count). The van der Waals surface area contributed by atoms with Crippen molar-refractivity contribution >= 4 is 11.9 Å². The van der Waals surface area contributed by atoms with E-state index < -0.39 is 11.9 Å². The van der Waals surface area contributed by atoms with Crippen molar-refractivity contribution in [3.8, 4) is 34.1 Å². The molecule has 0 aliphatic carbocycles. The lowest BCUT2D eigenvalue weighted by atomic mass is 9.89. The Balaban J connectivity index is 2.00. The Bertz CT molecular complexity index is 1670. The number of aryl methyl sites for hydroxylation is 3. The average Bonchev–Trinajstić information content (AvgIpc) is 3.04. The molecule has 0 bridgehead atoms. The van der Waals surface area contributed by atoms with Gasteiger partial charge in [-0.3, -0.25) is 0 Å². The zero-order valence-corrected chi connectivity index (χ0v) is 31.6. The molecule has 0 fully saturated rings. The molecule has 2 N–H and O–H groups in total. The molecule has 0 heterocycles. The fraction of sp³-hybridized carbons (Fsp3) is 0.455. The van der Waals surface area contributed by atoms with Crippen molar-refractivity contribution in [1.29, 1.82) is 0 Å². The number of hydrogen-bond donors (Lipinski definition) is 2. The van der Waals surface area contributed by atoms with Crippen molar-refractivity contribution in [1.82, 2.24) is 0 Å². The molecule has 3 aromatic rings.